The van der Waals surface area contributed by atoms with E-state index >= 15 is 0 Å². The highest BCUT2D eigenvalue weighted by molar-refractivity contribution is 5.57. The van der Waals surface area contributed by atoms with Gasteiger partial charge >= 0.3 is 0 Å². The maximum absolute atomic E-state index is 9.66. The zero-order chi connectivity index (χ0) is 11.4. The van der Waals surface area contributed by atoms with Gasteiger partial charge in [-0.3, -0.25) is 0 Å². The summed E-state index contributed by atoms with van der Waals surface area (Å²) in [6, 6.07) is 11.3. The molecule has 2 rings (SSSR count). The molecule has 1 heterocycles. The first-order chi connectivity index (χ1) is 7.81. The van der Waals surface area contributed by atoms with Crippen molar-refractivity contribution in [1.29, 1.82) is 0 Å². The molecule has 0 spiro atoms. The van der Waals surface area contributed by atoms with E-state index in [-0.39, 0.29) is 0 Å². The van der Waals surface area contributed by atoms with Crippen LogP contribution in [0.1, 0.15) is 11.7 Å². The van der Waals surface area contributed by atoms with Crippen molar-refractivity contribution in [2.75, 3.05) is 0 Å². The molecule has 2 heteroatoms. The lowest BCUT2D eigenvalue weighted by molar-refractivity contribution is 0.229. The summed E-state index contributed by atoms with van der Waals surface area (Å²) in [6.07, 6.45) is 2.50. The van der Waals surface area contributed by atoms with E-state index in [1.165, 1.54) is 6.08 Å². The first-order valence-electron chi connectivity index (χ1n) is 4.99. The van der Waals surface area contributed by atoms with Gasteiger partial charge in [-0.05, 0) is 23.8 Å². The van der Waals surface area contributed by atoms with Crippen LogP contribution in [0, 0.1) is 0 Å². The first kappa shape index (κ1) is 10.5. The smallest absolute Gasteiger partial charge is 0.133 e. The summed E-state index contributed by atoms with van der Waals surface area (Å²) in [6.45, 7) is 3.43. The highest BCUT2D eigenvalue weighted by Gasteiger charge is 2.04. The predicted molar refractivity (Wildman–Crippen MR) is 62.8 cm³/mol. The van der Waals surface area contributed by atoms with Gasteiger partial charge in [0.05, 0.1) is 6.26 Å². The van der Waals surface area contributed by atoms with Crippen LogP contribution < -0.4 is 0 Å². The van der Waals surface area contributed by atoms with E-state index in [1.54, 1.807) is 6.26 Å². The summed E-state index contributed by atoms with van der Waals surface area (Å²) < 4.78 is 5.27. The number of furan rings is 1. The van der Waals surface area contributed by atoms with E-state index < -0.39 is 6.10 Å². The molecule has 1 N–H and O–H groups in total. The number of aliphatic hydroxyl groups is 1. The minimum atomic E-state index is -0.650. The zero-order valence-corrected chi connectivity index (χ0v) is 8.76. The molecule has 0 aliphatic heterocycles. The average Bonchev–Trinajstić information content (AvgIpc) is 2.83. The number of rotatable bonds is 3. The normalized spacial score (nSPS) is 11.8. The van der Waals surface area contributed by atoms with Crippen molar-refractivity contribution in [2.45, 2.75) is 6.10 Å². The van der Waals surface area contributed by atoms with Crippen LogP contribution in [0.15, 0.2) is 65.5 Å². The number of aliphatic hydroxyl groups excluding tert-OH is 1. The van der Waals surface area contributed by atoms with E-state index in [9.17, 15) is 5.11 Å². The van der Waals surface area contributed by atoms with Crippen molar-refractivity contribution in [3.63, 3.8) is 0 Å². The minimum Gasteiger partial charge on any atom is -0.464 e. The van der Waals surface area contributed by atoms with Crippen molar-refractivity contribution in [3.8, 4) is 11.3 Å². The fourth-order valence-corrected chi connectivity index (χ4v) is 1.50. The molecule has 1 aromatic heterocycles. The topological polar surface area (TPSA) is 33.4 Å². The van der Waals surface area contributed by atoms with Crippen molar-refractivity contribution >= 4 is 0 Å². The molecule has 1 aromatic carbocycles. The molecule has 2 nitrogen and oxygen atoms in total. The lowest BCUT2D eigenvalue weighted by atomic mass is 10.1. The van der Waals surface area contributed by atoms with E-state index in [2.05, 4.69) is 12.3 Å². The Hall–Kier alpha value is -2.02. The zero-order valence-electron chi connectivity index (χ0n) is 8.76. The van der Waals surface area contributed by atoms with Crippen molar-refractivity contribution in [3.05, 3.63) is 66.6 Å². The molecule has 0 amide bonds. The molecular weight excluding hydrogens is 200 g/mol. The lowest BCUT2D eigenvalue weighted by Gasteiger charge is -2.05. The second-order valence-corrected chi connectivity index (χ2v) is 3.41. The Morgan fingerprint density at radius 2 is 2.00 bits per heavy atom. The second kappa shape index (κ2) is 4.67. The monoisotopic (exact) mass is 212 g/mol. The van der Waals surface area contributed by atoms with Crippen LogP contribution in [0.4, 0.5) is 0 Å². The largest absolute Gasteiger partial charge is 0.464 e. The van der Waals surface area contributed by atoms with E-state index in [0.29, 0.717) is 0 Å². The van der Waals surface area contributed by atoms with Gasteiger partial charge in [-0.15, -0.1) is 5.73 Å². The van der Waals surface area contributed by atoms with Gasteiger partial charge in [-0.2, -0.15) is 0 Å². The third kappa shape index (κ3) is 2.14. The molecule has 2 aromatic rings. The highest BCUT2D eigenvalue weighted by Crippen LogP contribution is 2.22. The summed E-state index contributed by atoms with van der Waals surface area (Å²) in [5, 5.41) is 9.66. The van der Waals surface area contributed by atoms with Crippen LogP contribution in [0.2, 0.25) is 0 Å². The van der Waals surface area contributed by atoms with Crippen LogP contribution in [0.25, 0.3) is 11.3 Å². The number of hydrogen-bond donors (Lipinski definition) is 1. The standard InChI is InChI=1S/C14H12O2/c1-2-4-13(15)11-6-8-12(9-7-11)14-5-3-10-16-14/h3-10,13,15H,1H2. The first-order valence-corrected chi connectivity index (χ1v) is 4.99. The molecule has 0 saturated heterocycles. The average molecular weight is 212 g/mol. The Labute approximate surface area is 94.2 Å². The van der Waals surface area contributed by atoms with Gasteiger partial charge in [-0.25, -0.2) is 0 Å². The molecule has 0 aliphatic rings. The van der Waals surface area contributed by atoms with Crippen molar-refractivity contribution in [1.82, 2.24) is 0 Å². The molecule has 0 radical (unpaired) electrons. The summed E-state index contributed by atoms with van der Waals surface area (Å²) in [5.74, 6) is 0.820. The van der Waals surface area contributed by atoms with E-state index in [1.807, 2.05) is 36.4 Å². The maximum atomic E-state index is 9.66. The predicted octanol–water partition coefficient (Wildman–Crippen LogP) is 3.32. The molecule has 80 valence electrons. The van der Waals surface area contributed by atoms with Crippen LogP contribution in [0.3, 0.4) is 0 Å². The highest BCUT2D eigenvalue weighted by atomic mass is 16.3. The lowest BCUT2D eigenvalue weighted by Crippen LogP contribution is -1.91. The molecule has 0 saturated carbocycles. The number of benzene rings is 1. The van der Waals surface area contributed by atoms with Gasteiger partial charge in [0.1, 0.15) is 11.9 Å². The van der Waals surface area contributed by atoms with Crippen molar-refractivity contribution < 1.29 is 9.52 Å². The van der Waals surface area contributed by atoms with Crippen molar-refractivity contribution in [2.24, 2.45) is 0 Å². The molecule has 1 atom stereocenters. The van der Waals surface area contributed by atoms with Gasteiger partial charge in [0.2, 0.25) is 0 Å². The molecule has 0 bridgehead atoms. The van der Waals surface area contributed by atoms with Crippen LogP contribution in [-0.2, 0) is 0 Å². The Balaban J connectivity index is 2.26. The SMILES string of the molecule is C=C=CC(O)c1ccc(-c2ccco2)cc1. The molecule has 0 aliphatic carbocycles. The van der Waals surface area contributed by atoms with Gasteiger partial charge in [0, 0.05) is 5.56 Å². The summed E-state index contributed by atoms with van der Waals surface area (Å²) in [7, 11) is 0. The minimum absolute atomic E-state index is 0.650. The summed E-state index contributed by atoms with van der Waals surface area (Å²) in [4.78, 5) is 0. The Bertz CT molecular complexity index is 488. The van der Waals surface area contributed by atoms with E-state index in [0.717, 1.165) is 16.9 Å². The summed E-state index contributed by atoms with van der Waals surface area (Å²) in [5.41, 5.74) is 4.37. The molecule has 16 heavy (non-hydrogen) atoms. The number of hydrogen-bond acceptors (Lipinski definition) is 2. The summed E-state index contributed by atoms with van der Waals surface area (Å²) >= 11 is 0. The maximum Gasteiger partial charge on any atom is 0.133 e. The fraction of sp³-hybridized carbons (Fsp3) is 0.0714. The third-order valence-corrected chi connectivity index (χ3v) is 2.33. The van der Waals surface area contributed by atoms with Gasteiger partial charge < -0.3 is 9.52 Å². The van der Waals surface area contributed by atoms with E-state index in [4.69, 9.17) is 4.42 Å². The van der Waals surface area contributed by atoms with Gasteiger partial charge in [0.25, 0.3) is 0 Å². The van der Waals surface area contributed by atoms with Gasteiger partial charge in [-0.1, -0.05) is 30.8 Å². The molecule has 1 unspecified atom stereocenters. The third-order valence-electron chi connectivity index (χ3n) is 2.33. The van der Waals surface area contributed by atoms with Gasteiger partial charge in [0.15, 0.2) is 0 Å². The Morgan fingerprint density at radius 1 is 1.25 bits per heavy atom. The quantitative estimate of drug-likeness (QED) is 0.792. The van der Waals surface area contributed by atoms with Crippen LogP contribution in [0.5, 0.6) is 0 Å². The molecular formula is C14H12O2. The van der Waals surface area contributed by atoms with Crippen LogP contribution >= 0.6 is 0 Å². The van der Waals surface area contributed by atoms with Crippen LogP contribution in [-0.4, -0.2) is 5.11 Å². The molecule has 0 fully saturated rings. The Kier molecular flexibility index (Phi) is 3.06. The fourth-order valence-electron chi connectivity index (χ4n) is 1.50. The Morgan fingerprint density at radius 3 is 2.56 bits per heavy atom. The second-order valence-electron chi connectivity index (χ2n) is 3.41.